The van der Waals surface area contributed by atoms with E-state index in [1.54, 1.807) is 24.9 Å². The highest BCUT2D eigenvalue weighted by atomic mass is 16.5. The average Bonchev–Trinajstić information content (AvgIpc) is 3.05. The number of nitrogens with zero attached hydrogens (tertiary/aromatic N) is 4. The molecule has 1 aromatic heterocycles. The molecule has 122 valence electrons. The van der Waals surface area contributed by atoms with E-state index in [9.17, 15) is 4.79 Å². The number of hydrogen-bond donors (Lipinski definition) is 1. The molecule has 0 aliphatic carbocycles. The fraction of sp³-hybridized carbons (Fsp3) is 0.176. The maximum absolute atomic E-state index is 12.3. The number of hydrazone groups is 1. The molecule has 7 nitrogen and oxygen atoms in total. The van der Waals surface area contributed by atoms with Crippen molar-refractivity contribution >= 4 is 23.2 Å². The standard InChI is InChI=1S/C17H17N5O2/c1-12(22-16-9-4-3-8-15(16)19-21-22)17(23)20-18-11-13-6-5-7-14(10-13)24-2/h3-12H,1-2H3,(H,20,23)/t12-/m0/s1. The van der Waals surface area contributed by atoms with Crippen LogP contribution in [-0.2, 0) is 4.79 Å². The molecule has 0 spiro atoms. The molecule has 7 heteroatoms. The zero-order valence-corrected chi connectivity index (χ0v) is 13.4. The van der Waals surface area contributed by atoms with Crippen molar-refractivity contribution in [3.63, 3.8) is 0 Å². The molecule has 1 heterocycles. The average molecular weight is 323 g/mol. The van der Waals surface area contributed by atoms with Crippen LogP contribution in [0.15, 0.2) is 53.6 Å². The highest BCUT2D eigenvalue weighted by Crippen LogP contribution is 2.15. The summed E-state index contributed by atoms with van der Waals surface area (Å²) in [5, 5.41) is 12.1. The first-order valence-corrected chi connectivity index (χ1v) is 7.46. The van der Waals surface area contributed by atoms with Crippen LogP contribution in [0.1, 0.15) is 18.5 Å². The van der Waals surface area contributed by atoms with E-state index in [0.717, 1.165) is 22.3 Å². The predicted octanol–water partition coefficient (Wildman–Crippen LogP) is 2.15. The molecule has 0 saturated carbocycles. The molecule has 1 amide bonds. The zero-order valence-electron chi connectivity index (χ0n) is 13.4. The molecule has 1 atom stereocenters. The van der Waals surface area contributed by atoms with Crippen LogP contribution in [0.5, 0.6) is 5.75 Å². The van der Waals surface area contributed by atoms with Crippen molar-refractivity contribution in [2.45, 2.75) is 13.0 Å². The van der Waals surface area contributed by atoms with Crippen LogP contribution in [0.4, 0.5) is 0 Å². The highest BCUT2D eigenvalue weighted by Gasteiger charge is 2.18. The monoisotopic (exact) mass is 323 g/mol. The third kappa shape index (κ3) is 3.24. The van der Waals surface area contributed by atoms with E-state index in [1.807, 2.05) is 48.5 Å². The minimum absolute atomic E-state index is 0.273. The van der Waals surface area contributed by atoms with Crippen molar-refractivity contribution in [1.82, 2.24) is 20.4 Å². The van der Waals surface area contributed by atoms with Gasteiger partial charge in [-0.25, -0.2) is 10.1 Å². The number of fused-ring (bicyclic) bond motifs is 1. The Bertz CT molecular complexity index is 887. The maximum Gasteiger partial charge on any atom is 0.264 e. The molecule has 3 rings (SSSR count). The van der Waals surface area contributed by atoms with Crippen molar-refractivity contribution < 1.29 is 9.53 Å². The van der Waals surface area contributed by atoms with Crippen LogP contribution < -0.4 is 10.2 Å². The highest BCUT2D eigenvalue weighted by molar-refractivity contribution is 5.85. The van der Waals surface area contributed by atoms with Crippen LogP contribution in [0, 0.1) is 0 Å². The van der Waals surface area contributed by atoms with Crippen molar-refractivity contribution in [2.24, 2.45) is 5.10 Å². The normalized spacial score (nSPS) is 12.4. The van der Waals surface area contributed by atoms with Gasteiger partial charge in [-0.05, 0) is 36.8 Å². The Morgan fingerprint density at radius 1 is 1.29 bits per heavy atom. The molecular weight excluding hydrogens is 306 g/mol. The van der Waals surface area contributed by atoms with Gasteiger partial charge in [0.15, 0.2) is 0 Å². The Kier molecular flexibility index (Phi) is 4.51. The number of para-hydroxylation sites is 1. The largest absolute Gasteiger partial charge is 0.497 e. The number of methoxy groups -OCH3 is 1. The van der Waals surface area contributed by atoms with Gasteiger partial charge < -0.3 is 4.74 Å². The topological polar surface area (TPSA) is 81.4 Å². The molecule has 3 aromatic rings. The number of hydrogen-bond acceptors (Lipinski definition) is 5. The fourth-order valence-corrected chi connectivity index (χ4v) is 2.27. The van der Waals surface area contributed by atoms with Crippen molar-refractivity contribution in [1.29, 1.82) is 0 Å². The number of amides is 1. The van der Waals surface area contributed by atoms with Gasteiger partial charge in [-0.15, -0.1) is 5.10 Å². The third-order valence-corrected chi connectivity index (χ3v) is 3.61. The lowest BCUT2D eigenvalue weighted by Gasteiger charge is -2.10. The van der Waals surface area contributed by atoms with E-state index in [-0.39, 0.29) is 5.91 Å². The summed E-state index contributed by atoms with van der Waals surface area (Å²) >= 11 is 0. The SMILES string of the molecule is COc1cccc(C=NNC(=O)[C@H](C)n2nnc3ccccc32)c1. The summed E-state index contributed by atoms with van der Waals surface area (Å²) in [6.07, 6.45) is 1.56. The maximum atomic E-state index is 12.3. The van der Waals surface area contributed by atoms with E-state index in [2.05, 4.69) is 20.8 Å². The molecule has 0 radical (unpaired) electrons. The van der Waals surface area contributed by atoms with Gasteiger partial charge in [0.1, 0.15) is 17.3 Å². The molecular formula is C17H17N5O2. The zero-order chi connectivity index (χ0) is 16.9. The first-order chi connectivity index (χ1) is 11.7. The number of nitrogens with one attached hydrogen (secondary N) is 1. The number of carbonyl (C=O) groups excluding carboxylic acids is 1. The number of carbonyl (C=O) groups is 1. The van der Waals surface area contributed by atoms with Crippen molar-refractivity contribution in [3.05, 3.63) is 54.1 Å². The van der Waals surface area contributed by atoms with Gasteiger partial charge in [-0.3, -0.25) is 4.79 Å². The van der Waals surface area contributed by atoms with E-state index in [0.29, 0.717) is 0 Å². The van der Waals surface area contributed by atoms with Gasteiger partial charge in [0.05, 0.1) is 18.8 Å². The molecule has 2 aromatic carbocycles. The Hall–Kier alpha value is -3.22. The molecule has 0 saturated heterocycles. The Balaban J connectivity index is 1.69. The molecule has 0 bridgehead atoms. The van der Waals surface area contributed by atoms with E-state index in [4.69, 9.17) is 4.74 Å². The fourth-order valence-electron chi connectivity index (χ4n) is 2.27. The van der Waals surface area contributed by atoms with Crippen molar-refractivity contribution in [2.75, 3.05) is 7.11 Å². The number of ether oxygens (including phenoxy) is 1. The summed E-state index contributed by atoms with van der Waals surface area (Å²) in [5.74, 6) is 0.456. The van der Waals surface area contributed by atoms with Crippen LogP contribution in [-0.4, -0.2) is 34.2 Å². The molecule has 0 aliphatic heterocycles. The minimum atomic E-state index is -0.528. The minimum Gasteiger partial charge on any atom is -0.497 e. The second-order valence-electron chi connectivity index (χ2n) is 5.21. The number of rotatable bonds is 5. The molecule has 0 aliphatic rings. The van der Waals surface area contributed by atoms with Crippen LogP contribution >= 0.6 is 0 Å². The van der Waals surface area contributed by atoms with Crippen LogP contribution in [0.25, 0.3) is 11.0 Å². The number of benzene rings is 2. The predicted molar refractivity (Wildman–Crippen MR) is 91.0 cm³/mol. The summed E-state index contributed by atoms with van der Waals surface area (Å²) in [5.41, 5.74) is 4.90. The van der Waals surface area contributed by atoms with E-state index >= 15 is 0 Å². The van der Waals surface area contributed by atoms with E-state index < -0.39 is 6.04 Å². The summed E-state index contributed by atoms with van der Waals surface area (Å²) in [4.78, 5) is 12.3. The Morgan fingerprint density at radius 2 is 2.12 bits per heavy atom. The molecule has 24 heavy (non-hydrogen) atoms. The lowest BCUT2D eigenvalue weighted by Crippen LogP contribution is -2.28. The number of aromatic nitrogens is 3. The second-order valence-corrected chi connectivity index (χ2v) is 5.21. The lowest BCUT2D eigenvalue weighted by molar-refractivity contribution is -0.124. The molecule has 0 fully saturated rings. The smallest absolute Gasteiger partial charge is 0.264 e. The first kappa shape index (κ1) is 15.7. The molecule has 1 N–H and O–H groups in total. The second kappa shape index (κ2) is 6.91. The van der Waals surface area contributed by atoms with Crippen LogP contribution in [0.3, 0.4) is 0 Å². The van der Waals surface area contributed by atoms with Gasteiger partial charge in [-0.2, -0.15) is 5.10 Å². The summed E-state index contributed by atoms with van der Waals surface area (Å²) in [6, 6.07) is 14.3. The quantitative estimate of drug-likeness (QED) is 0.576. The summed E-state index contributed by atoms with van der Waals surface area (Å²) in [6.45, 7) is 1.75. The van der Waals surface area contributed by atoms with Gasteiger partial charge in [-0.1, -0.05) is 29.5 Å². The summed E-state index contributed by atoms with van der Waals surface area (Å²) in [7, 11) is 1.60. The molecule has 0 unspecified atom stereocenters. The Morgan fingerprint density at radius 3 is 2.96 bits per heavy atom. The lowest BCUT2D eigenvalue weighted by atomic mass is 10.2. The third-order valence-electron chi connectivity index (χ3n) is 3.61. The Labute approximate surface area is 138 Å². The van der Waals surface area contributed by atoms with Gasteiger partial charge in [0, 0.05) is 0 Å². The van der Waals surface area contributed by atoms with Gasteiger partial charge in [0.25, 0.3) is 5.91 Å². The van der Waals surface area contributed by atoms with Crippen molar-refractivity contribution in [3.8, 4) is 5.75 Å². The van der Waals surface area contributed by atoms with Gasteiger partial charge in [0.2, 0.25) is 0 Å². The first-order valence-electron chi connectivity index (χ1n) is 7.46. The summed E-state index contributed by atoms with van der Waals surface area (Å²) < 4.78 is 6.72. The van der Waals surface area contributed by atoms with E-state index in [1.165, 1.54) is 0 Å². The van der Waals surface area contributed by atoms with Crippen LogP contribution in [0.2, 0.25) is 0 Å². The van der Waals surface area contributed by atoms with Gasteiger partial charge >= 0.3 is 0 Å².